The molecule has 1 N–H and O–H groups in total. The second-order valence-electron chi connectivity index (χ2n) is 8.26. The highest BCUT2D eigenvalue weighted by Crippen LogP contribution is 2.29. The van der Waals surface area contributed by atoms with Crippen LogP contribution in [0.3, 0.4) is 0 Å². The molecule has 1 unspecified atom stereocenters. The van der Waals surface area contributed by atoms with E-state index < -0.39 is 0 Å². The Hall–Kier alpha value is -2.80. The molecule has 0 radical (unpaired) electrons. The zero-order valence-corrected chi connectivity index (χ0v) is 21.3. The number of benzene rings is 2. The number of thioether (sulfide) groups is 1. The van der Waals surface area contributed by atoms with Crippen LogP contribution in [0.25, 0.3) is 11.4 Å². The molecule has 7 heteroatoms. The van der Waals surface area contributed by atoms with E-state index in [-0.39, 0.29) is 11.2 Å². The van der Waals surface area contributed by atoms with Crippen LogP contribution >= 0.6 is 11.8 Å². The first-order valence-corrected chi connectivity index (χ1v) is 12.6. The number of rotatable bonds is 10. The number of nitrogens with zero attached hydrogens (tertiary/aromatic N) is 4. The lowest BCUT2D eigenvalue weighted by Gasteiger charge is -2.21. The number of hydrogen-bond donors (Lipinski definition) is 1. The van der Waals surface area contributed by atoms with Crippen LogP contribution in [0.5, 0.6) is 0 Å². The second-order valence-corrected chi connectivity index (χ2v) is 9.57. The van der Waals surface area contributed by atoms with Crippen LogP contribution in [0.2, 0.25) is 0 Å². The molecule has 0 saturated heterocycles. The van der Waals surface area contributed by atoms with Gasteiger partial charge in [0.25, 0.3) is 0 Å². The quantitative estimate of drug-likeness (QED) is 0.369. The van der Waals surface area contributed by atoms with Gasteiger partial charge in [-0.3, -0.25) is 4.79 Å². The molecule has 0 saturated carbocycles. The smallest absolute Gasteiger partial charge is 0.237 e. The fourth-order valence-electron chi connectivity index (χ4n) is 3.84. The minimum Gasteiger partial charge on any atom is -0.372 e. The normalized spacial score (nSPS) is 12.1. The van der Waals surface area contributed by atoms with E-state index in [0.29, 0.717) is 5.92 Å². The molecule has 176 valence electrons. The summed E-state index contributed by atoms with van der Waals surface area (Å²) in [5, 5.41) is 12.4. The first kappa shape index (κ1) is 24.8. The molecule has 0 aliphatic carbocycles. The van der Waals surface area contributed by atoms with E-state index in [2.05, 4.69) is 89.9 Å². The minimum absolute atomic E-state index is 0.0381. The van der Waals surface area contributed by atoms with Crippen molar-refractivity contribution < 1.29 is 4.79 Å². The van der Waals surface area contributed by atoms with Crippen molar-refractivity contribution >= 4 is 29.0 Å². The van der Waals surface area contributed by atoms with Gasteiger partial charge in [-0.2, -0.15) is 0 Å². The van der Waals surface area contributed by atoms with Gasteiger partial charge >= 0.3 is 0 Å². The summed E-state index contributed by atoms with van der Waals surface area (Å²) in [5.74, 6) is 1.12. The van der Waals surface area contributed by atoms with Gasteiger partial charge in [0.2, 0.25) is 5.91 Å². The molecule has 0 aliphatic rings. The first-order valence-electron chi connectivity index (χ1n) is 11.7. The summed E-state index contributed by atoms with van der Waals surface area (Å²) >= 11 is 1.44. The predicted octanol–water partition coefficient (Wildman–Crippen LogP) is 6.05. The van der Waals surface area contributed by atoms with E-state index in [1.807, 2.05) is 25.1 Å². The lowest BCUT2D eigenvalue weighted by atomic mass is 10.0. The van der Waals surface area contributed by atoms with Crippen LogP contribution in [-0.4, -0.2) is 39.0 Å². The van der Waals surface area contributed by atoms with Gasteiger partial charge in [-0.25, -0.2) is 0 Å². The van der Waals surface area contributed by atoms with Crippen LogP contribution in [0.1, 0.15) is 53.0 Å². The summed E-state index contributed by atoms with van der Waals surface area (Å²) in [6, 6.07) is 16.4. The molecular formula is C26H35N5OS. The van der Waals surface area contributed by atoms with Crippen LogP contribution in [-0.2, 0) is 11.3 Å². The molecule has 1 aromatic heterocycles. The fourth-order valence-corrected chi connectivity index (χ4v) is 4.76. The topological polar surface area (TPSA) is 63.1 Å². The van der Waals surface area contributed by atoms with Crippen LogP contribution < -0.4 is 10.2 Å². The average Bonchev–Trinajstić information content (AvgIpc) is 3.22. The zero-order chi connectivity index (χ0) is 24.0. The Balaban J connectivity index is 1.75. The predicted molar refractivity (Wildman–Crippen MR) is 139 cm³/mol. The maximum absolute atomic E-state index is 12.9. The van der Waals surface area contributed by atoms with Gasteiger partial charge < -0.3 is 14.8 Å². The Morgan fingerprint density at radius 3 is 2.27 bits per heavy atom. The summed E-state index contributed by atoms with van der Waals surface area (Å²) in [6.07, 6.45) is 0. The molecule has 3 aromatic rings. The Bertz CT molecular complexity index is 1060. The number of aromatic nitrogens is 3. The molecule has 1 heterocycles. The molecule has 0 bridgehead atoms. The van der Waals surface area contributed by atoms with Crippen LogP contribution in [0.15, 0.2) is 53.7 Å². The van der Waals surface area contributed by atoms with Crippen molar-refractivity contribution in [3.8, 4) is 11.4 Å². The molecule has 0 spiro atoms. The molecule has 6 nitrogen and oxygen atoms in total. The third-order valence-electron chi connectivity index (χ3n) is 5.78. The fraction of sp³-hybridized carbons (Fsp3) is 0.423. The lowest BCUT2D eigenvalue weighted by molar-refractivity contribution is -0.115. The number of para-hydroxylation sites is 1. The van der Waals surface area contributed by atoms with Crippen LogP contribution in [0.4, 0.5) is 11.4 Å². The number of carbonyl (C=O) groups excluding carboxylic acids is 1. The van der Waals surface area contributed by atoms with Crippen molar-refractivity contribution in [3.63, 3.8) is 0 Å². The largest absolute Gasteiger partial charge is 0.372 e. The Morgan fingerprint density at radius 2 is 1.67 bits per heavy atom. The van der Waals surface area contributed by atoms with Gasteiger partial charge in [-0.1, -0.05) is 43.8 Å². The van der Waals surface area contributed by atoms with E-state index in [1.165, 1.54) is 17.4 Å². The van der Waals surface area contributed by atoms with Crippen molar-refractivity contribution in [1.29, 1.82) is 0 Å². The molecule has 0 fully saturated rings. The average molecular weight is 466 g/mol. The Kier molecular flexibility index (Phi) is 8.55. The van der Waals surface area contributed by atoms with Crippen LogP contribution in [0, 0.1) is 0 Å². The number of amides is 1. The van der Waals surface area contributed by atoms with Crippen molar-refractivity contribution in [1.82, 2.24) is 14.8 Å². The molecular weight excluding hydrogens is 430 g/mol. The number of anilines is 2. The second kappa shape index (κ2) is 11.4. The van der Waals surface area contributed by atoms with Gasteiger partial charge in [0.1, 0.15) is 0 Å². The first-order chi connectivity index (χ1) is 15.9. The zero-order valence-electron chi connectivity index (χ0n) is 20.5. The molecule has 1 atom stereocenters. The highest BCUT2D eigenvalue weighted by molar-refractivity contribution is 8.00. The van der Waals surface area contributed by atoms with E-state index in [0.717, 1.165) is 47.4 Å². The summed E-state index contributed by atoms with van der Waals surface area (Å²) in [7, 11) is 0. The Labute approximate surface area is 201 Å². The maximum atomic E-state index is 12.9. The van der Waals surface area contributed by atoms with Gasteiger partial charge in [-0.05, 0) is 69.5 Å². The van der Waals surface area contributed by atoms with Gasteiger partial charge in [0, 0.05) is 36.6 Å². The number of nitrogens with one attached hydrogen (secondary N) is 1. The summed E-state index contributed by atoms with van der Waals surface area (Å²) < 4.78 is 2.07. The van der Waals surface area contributed by atoms with Crippen molar-refractivity contribution in [2.75, 3.05) is 23.3 Å². The maximum Gasteiger partial charge on any atom is 0.237 e. The molecule has 33 heavy (non-hydrogen) atoms. The molecule has 2 aromatic carbocycles. The summed E-state index contributed by atoms with van der Waals surface area (Å²) in [6.45, 7) is 15.2. The number of carbonyl (C=O) groups is 1. The van der Waals surface area contributed by atoms with E-state index in [9.17, 15) is 4.79 Å². The highest BCUT2D eigenvalue weighted by Gasteiger charge is 2.21. The third-order valence-corrected chi connectivity index (χ3v) is 6.86. The van der Waals surface area contributed by atoms with Gasteiger partial charge in [0.05, 0.1) is 5.25 Å². The summed E-state index contributed by atoms with van der Waals surface area (Å²) in [5.41, 5.74) is 4.23. The molecule has 3 rings (SSSR count). The molecule has 1 amide bonds. The van der Waals surface area contributed by atoms with Crippen molar-refractivity contribution in [3.05, 3.63) is 54.1 Å². The standard InChI is InChI=1S/C26H35N5OS/c1-7-30(8-2)21-16-14-20(15-17-21)24-28-29-26(31(24)9-3)33-19(6)25(32)27-23-13-11-10-12-22(23)18(4)5/h10-19H,7-9H2,1-6H3,(H,27,32). The minimum atomic E-state index is -0.308. The number of hydrogen-bond acceptors (Lipinski definition) is 5. The Morgan fingerprint density at radius 1 is 1.00 bits per heavy atom. The van der Waals surface area contributed by atoms with E-state index >= 15 is 0 Å². The lowest BCUT2D eigenvalue weighted by Crippen LogP contribution is -2.23. The van der Waals surface area contributed by atoms with Crippen molar-refractivity contribution in [2.24, 2.45) is 0 Å². The highest BCUT2D eigenvalue weighted by atomic mass is 32.2. The summed E-state index contributed by atoms with van der Waals surface area (Å²) in [4.78, 5) is 15.2. The van der Waals surface area contributed by atoms with Gasteiger partial charge in [-0.15, -0.1) is 10.2 Å². The SMILES string of the molecule is CCN(CC)c1ccc(-c2nnc(SC(C)C(=O)Nc3ccccc3C(C)C)n2CC)cc1. The van der Waals surface area contributed by atoms with E-state index in [1.54, 1.807) is 0 Å². The molecule has 0 aliphatic heterocycles. The van der Waals surface area contributed by atoms with Crippen molar-refractivity contribution in [2.45, 2.75) is 64.4 Å². The van der Waals surface area contributed by atoms with E-state index in [4.69, 9.17) is 0 Å². The monoisotopic (exact) mass is 465 g/mol. The third kappa shape index (κ3) is 5.77. The van der Waals surface area contributed by atoms with Gasteiger partial charge in [0.15, 0.2) is 11.0 Å².